The molecule has 26 heavy (non-hydrogen) atoms. The predicted molar refractivity (Wildman–Crippen MR) is 119 cm³/mol. The third-order valence-corrected chi connectivity index (χ3v) is 4.71. The molecule has 0 spiro atoms. The number of rotatable bonds is 5. The molecule has 0 radical (unpaired) electrons. The standard InChI is InChI=1S/C18H25ClN6.HI/c1-20-18(21-8-4-10-25-11-5-9-22-25)24-14-12-23(13-15-24)17-7-3-2-6-16(17)19;/h2-3,5-7,9,11H,4,8,10,12-15H2,1H3,(H,20,21);1H. The van der Waals surface area contributed by atoms with Crippen molar-refractivity contribution in [1.29, 1.82) is 0 Å². The summed E-state index contributed by atoms with van der Waals surface area (Å²) in [5, 5.41) is 8.49. The first kappa shape index (κ1) is 20.8. The van der Waals surface area contributed by atoms with Crippen LogP contribution in [0.5, 0.6) is 0 Å². The highest BCUT2D eigenvalue weighted by molar-refractivity contribution is 14.0. The van der Waals surface area contributed by atoms with Gasteiger partial charge in [0.05, 0.1) is 10.7 Å². The van der Waals surface area contributed by atoms with Gasteiger partial charge in [-0.1, -0.05) is 23.7 Å². The van der Waals surface area contributed by atoms with Gasteiger partial charge >= 0.3 is 0 Å². The minimum atomic E-state index is 0. The van der Waals surface area contributed by atoms with Gasteiger partial charge in [-0.3, -0.25) is 9.67 Å². The van der Waals surface area contributed by atoms with Crippen LogP contribution < -0.4 is 10.2 Å². The molecule has 0 atom stereocenters. The summed E-state index contributed by atoms with van der Waals surface area (Å²) in [5.74, 6) is 0.972. The average molecular weight is 489 g/mol. The molecular weight excluding hydrogens is 463 g/mol. The molecule has 1 N–H and O–H groups in total. The second kappa shape index (κ2) is 10.6. The van der Waals surface area contributed by atoms with Crippen LogP contribution in [0.25, 0.3) is 0 Å². The second-order valence-electron chi connectivity index (χ2n) is 6.02. The zero-order valence-corrected chi connectivity index (χ0v) is 18.1. The van der Waals surface area contributed by atoms with Crippen LogP contribution in [0, 0.1) is 0 Å². The van der Waals surface area contributed by atoms with Crippen LogP contribution >= 0.6 is 35.6 Å². The Morgan fingerprint density at radius 2 is 1.96 bits per heavy atom. The number of anilines is 1. The van der Waals surface area contributed by atoms with Crippen LogP contribution in [0.1, 0.15) is 6.42 Å². The molecule has 1 aliphatic rings. The van der Waals surface area contributed by atoms with Gasteiger partial charge in [0.15, 0.2) is 5.96 Å². The van der Waals surface area contributed by atoms with Crippen LogP contribution in [0.15, 0.2) is 47.7 Å². The number of aryl methyl sites for hydroxylation is 1. The van der Waals surface area contributed by atoms with Gasteiger partial charge in [-0.25, -0.2) is 0 Å². The van der Waals surface area contributed by atoms with Gasteiger partial charge in [-0.05, 0) is 24.6 Å². The number of piperazine rings is 1. The highest BCUT2D eigenvalue weighted by Gasteiger charge is 2.20. The van der Waals surface area contributed by atoms with E-state index in [4.69, 9.17) is 11.6 Å². The number of hydrogen-bond acceptors (Lipinski definition) is 3. The van der Waals surface area contributed by atoms with Crippen molar-refractivity contribution < 1.29 is 0 Å². The molecule has 6 nitrogen and oxygen atoms in total. The van der Waals surface area contributed by atoms with Crippen molar-refractivity contribution in [2.24, 2.45) is 4.99 Å². The summed E-state index contributed by atoms with van der Waals surface area (Å²) in [6.07, 6.45) is 4.81. The fourth-order valence-corrected chi connectivity index (χ4v) is 3.33. The summed E-state index contributed by atoms with van der Waals surface area (Å²) in [4.78, 5) is 9.07. The van der Waals surface area contributed by atoms with E-state index in [0.717, 1.165) is 62.4 Å². The molecular formula is C18H26ClIN6. The number of nitrogens with one attached hydrogen (secondary N) is 1. The van der Waals surface area contributed by atoms with Crippen molar-refractivity contribution in [3.63, 3.8) is 0 Å². The molecule has 0 aliphatic carbocycles. The Balaban J connectivity index is 0.00000243. The minimum absolute atomic E-state index is 0. The predicted octanol–water partition coefficient (Wildman–Crippen LogP) is 2.94. The lowest BCUT2D eigenvalue weighted by molar-refractivity contribution is 0.371. The Bertz CT molecular complexity index is 683. The molecule has 0 amide bonds. The lowest BCUT2D eigenvalue weighted by atomic mass is 10.2. The molecule has 1 aromatic carbocycles. The molecule has 0 saturated carbocycles. The topological polar surface area (TPSA) is 48.7 Å². The van der Waals surface area contributed by atoms with E-state index in [9.17, 15) is 0 Å². The molecule has 2 heterocycles. The summed E-state index contributed by atoms with van der Waals surface area (Å²) < 4.78 is 1.95. The molecule has 1 fully saturated rings. The summed E-state index contributed by atoms with van der Waals surface area (Å²) in [7, 11) is 1.84. The SMILES string of the molecule is CN=C(NCCCn1cccn1)N1CCN(c2ccccc2Cl)CC1.I. The fourth-order valence-electron chi connectivity index (χ4n) is 3.07. The van der Waals surface area contributed by atoms with Crippen molar-refractivity contribution in [3.05, 3.63) is 47.7 Å². The van der Waals surface area contributed by atoms with Crippen molar-refractivity contribution in [2.75, 3.05) is 44.7 Å². The molecule has 1 aliphatic heterocycles. The quantitative estimate of drug-likeness (QED) is 0.304. The maximum atomic E-state index is 6.31. The first-order chi connectivity index (χ1) is 12.3. The largest absolute Gasteiger partial charge is 0.367 e. The van der Waals surface area contributed by atoms with E-state index in [2.05, 4.69) is 31.3 Å². The average Bonchev–Trinajstić information content (AvgIpc) is 3.16. The second-order valence-corrected chi connectivity index (χ2v) is 6.43. The third kappa shape index (κ3) is 5.51. The van der Waals surface area contributed by atoms with Gasteiger partial charge < -0.3 is 15.1 Å². The number of aromatic nitrogens is 2. The Hall–Kier alpha value is -1.48. The molecule has 1 saturated heterocycles. The van der Waals surface area contributed by atoms with Crippen LogP contribution in [-0.2, 0) is 6.54 Å². The van der Waals surface area contributed by atoms with E-state index in [-0.39, 0.29) is 24.0 Å². The van der Waals surface area contributed by atoms with Crippen molar-refractivity contribution >= 4 is 47.2 Å². The highest BCUT2D eigenvalue weighted by atomic mass is 127. The number of aliphatic imine (C=N–C) groups is 1. The van der Waals surface area contributed by atoms with Crippen LogP contribution in [0.4, 0.5) is 5.69 Å². The molecule has 0 unspecified atom stereocenters. The van der Waals surface area contributed by atoms with Gasteiger partial charge in [0.25, 0.3) is 0 Å². The smallest absolute Gasteiger partial charge is 0.193 e. The molecule has 142 valence electrons. The van der Waals surface area contributed by atoms with Crippen LogP contribution in [-0.4, -0.2) is 60.4 Å². The molecule has 0 bridgehead atoms. The van der Waals surface area contributed by atoms with E-state index in [0.29, 0.717) is 0 Å². The lowest BCUT2D eigenvalue weighted by Crippen LogP contribution is -2.52. The molecule has 3 rings (SSSR count). The Morgan fingerprint density at radius 3 is 2.62 bits per heavy atom. The van der Waals surface area contributed by atoms with Crippen molar-refractivity contribution in [1.82, 2.24) is 20.0 Å². The molecule has 1 aromatic heterocycles. The number of para-hydroxylation sites is 1. The maximum Gasteiger partial charge on any atom is 0.193 e. The van der Waals surface area contributed by atoms with Gasteiger partial charge in [0, 0.05) is 58.7 Å². The first-order valence-electron chi connectivity index (χ1n) is 8.70. The van der Waals surface area contributed by atoms with Gasteiger partial charge in [-0.2, -0.15) is 5.10 Å². The van der Waals surface area contributed by atoms with Crippen molar-refractivity contribution in [2.45, 2.75) is 13.0 Å². The highest BCUT2D eigenvalue weighted by Crippen LogP contribution is 2.25. The summed E-state index contributed by atoms with van der Waals surface area (Å²) >= 11 is 6.31. The number of nitrogens with zero attached hydrogens (tertiary/aromatic N) is 5. The third-order valence-electron chi connectivity index (χ3n) is 4.39. The minimum Gasteiger partial charge on any atom is -0.367 e. The number of halogens is 2. The number of benzene rings is 1. The molecule has 2 aromatic rings. The zero-order chi connectivity index (χ0) is 17.5. The van der Waals surface area contributed by atoms with E-state index in [1.165, 1.54) is 0 Å². The molecule has 8 heteroatoms. The number of guanidine groups is 1. The summed E-state index contributed by atoms with van der Waals surface area (Å²) in [6, 6.07) is 9.99. The van der Waals surface area contributed by atoms with E-state index >= 15 is 0 Å². The van der Waals surface area contributed by atoms with Crippen LogP contribution in [0.3, 0.4) is 0 Å². The maximum absolute atomic E-state index is 6.31. The van der Waals surface area contributed by atoms with Gasteiger partial charge in [0.1, 0.15) is 0 Å². The number of hydrogen-bond donors (Lipinski definition) is 1. The lowest BCUT2D eigenvalue weighted by Gasteiger charge is -2.38. The normalized spacial score (nSPS) is 14.9. The fraction of sp³-hybridized carbons (Fsp3) is 0.444. The zero-order valence-electron chi connectivity index (χ0n) is 15.0. The van der Waals surface area contributed by atoms with Crippen molar-refractivity contribution in [3.8, 4) is 0 Å². The van der Waals surface area contributed by atoms with E-state index < -0.39 is 0 Å². The monoisotopic (exact) mass is 488 g/mol. The summed E-state index contributed by atoms with van der Waals surface area (Å²) in [6.45, 7) is 5.55. The Labute approximate surface area is 177 Å². The van der Waals surface area contributed by atoms with E-state index in [1.807, 2.05) is 48.4 Å². The van der Waals surface area contributed by atoms with Gasteiger partial charge in [-0.15, -0.1) is 24.0 Å². The Kier molecular flexibility index (Phi) is 8.50. The Morgan fingerprint density at radius 1 is 1.19 bits per heavy atom. The van der Waals surface area contributed by atoms with Crippen LogP contribution in [0.2, 0.25) is 5.02 Å². The summed E-state index contributed by atoms with van der Waals surface area (Å²) in [5.41, 5.74) is 1.12. The van der Waals surface area contributed by atoms with Gasteiger partial charge in [0.2, 0.25) is 0 Å². The van der Waals surface area contributed by atoms with E-state index in [1.54, 1.807) is 0 Å². The first-order valence-corrected chi connectivity index (χ1v) is 9.08.